The highest BCUT2D eigenvalue weighted by Gasteiger charge is 2.17. The standard InChI is InChI=1S/C21H15BrFN5O3/c22-16-10-14(6-8-17(16)23)25-20(24)19-21(28-31-27-19)26-18(29)11-30-15-7-5-12-3-1-2-4-13(12)9-15/h1-10H,11H2,(H2,24,25)(H,26,28,29). The number of carbonyl (C=O) groups excluding carboxylic acids is 1. The second-order valence-corrected chi connectivity index (χ2v) is 7.26. The second kappa shape index (κ2) is 8.92. The molecule has 0 saturated heterocycles. The lowest BCUT2D eigenvalue weighted by Crippen LogP contribution is -2.23. The van der Waals surface area contributed by atoms with Gasteiger partial charge >= 0.3 is 0 Å². The Morgan fingerprint density at radius 1 is 1.13 bits per heavy atom. The Bertz CT molecular complexity index is 1290. The fraction of sp³-hybridized carbons (Fsp3) is 0.0476. The van der Waals surface area contributed by atoms with Crippen molar-refractivity contribution in [2.75, 3.05) is 11.9 Å². The summed E-state index contributed by atoms with van der Waals surface area (Å²) in [5, 5.41) is 11.9. The van der Waals surface area contributed by atoms with Gasteiger partial charge in [0.25, 0.3) is 5.91 Å². The zero-order valence-corrected chi connectivity index (χ0v) is 17.5. The van der Waals surface area contributed by atoms with Crippen LogP contribution in [0, 0.1) is 5.82 Å². The molecule has 0 aliphatic carbocycles. The number of halogens is 2. The third-order valence-electron chi connectivity index (χ3n) is 4.23. The van der Waals surface area contributed by atoms with Crippen LogP contribution in [0.1, 0.15) is 5.69 Å². The van der Waals surface area contributed by atoms with Crippen molar-refractivity contribution in [2.45, 2.75) is 0 Å². The smallest absolute Gasteiger partial charge is 0.263 e. The number of benzene rings is 3. The maximum absolute atomic E-state index is 13.4. The summed E-state index contributed by atoms with van der Waals surface area (Å²) in [5.41, 5.74) is 6.37. The zero-order chi connectivity index (χ0) is 21.8. The number of hydrogen-bond acceptors (Lipinski definition) is 6. The molecule has 10 heteroatoms. The van der Waals surface area contributed by atoms with Crippen LogP contribution in [0.15, 0.2) is 74.8 Å². The minimum absolute atomic E-state index is 0.00506. The van der Waals surface area contributed by atoms with Crippen LogP contribution >= 0.6 is 15.9 Å². The average molecular weight is 484 g/mol. The van der Waals surface area contributed by atoms with E-state index in [4.69, 9.17) is 10.5 Å². The summed E-state index contributed by atoms with van der Waals surface area (Å²) >= 11 is 3.08. The van der Waals surface area contributed by atoms with Crippen LogP contribution in [0.25, 0.3) is 10.8 Å². The van der Waals surface area contributed by atoms with Crippen molar-refractivity contribution in [3.63, 3.8) is 0 Å². The third-order valence-corrected chi connectivity index (χ3v) is 4.84. The molecule has 0 fully saturated rings. The molecule has 0 aliphatic heterocycles. The molecule has 1 aromatic heterocycles. The Morgan fingerprint density at radius 3 is 2.74 bits per heavy atom. The molecule has 0 unspecified atom stereocenters. The number of hydrogen-bond donors (Lipinski definition) is 2. The number of fused-ring (bicyclic) bond motifs is 1. The van der Waals surface area contributed by atoms with Crippen molar-refractivity contribution in [2.24, 2.45) is 10.7 Å². The first kappa shape index (κ1) is 20.5. The summed E-state index contributed by atoms with van der Waals surface area (Å²) in [4.78, 5) is 16.4. The number of nitrogens with two attached hydrogens (primary N) is 1. The summed E-state index contributed by atoms with van der Waals surface area (Å²) in [5.74, 6) is -0.433. The van der Waals surface area contributed by atoms with Gasteiger partial charge < -0.3 is 15.8 Å². The molecule has 4 rings (SSSR count). The van der Waals surface area contributed by atoms with Gasteiger partial charge in [0.05, 0.1) is 10.2 Å². The zero-order valence-electron chi connectivity index (χ0n) is 15.9. The molecule has 0 atom stereocenters. The van der Waals surface area contributed by atoms with E-state index in [1.54, 1.807) is 6.07 Å². The molecule has 3 N–H and O–H groups in total. The number of anilines is 1. The highest BCUT2D eigenvalue weighted by molar-refractivity contribution is 9.10. The van der Waals surface area contributed by atoms with E-state index in [1.807, 2.05) is 36.4 Å². The second-order valence-electron chi connectivity index (χ2n) is 6.40. The van der Waals surface area contributed by atoms with Crippen LogP contribution < -0.4 is 15.8 Å². The van der Waals surface area contributed by atoms with Crippen molar-refractivity contribution in [3.05, 3.63) is 76.6 Å². The van der Waals surface area contributed by atoms with Gasteiger partial charge in [0, 0.05) is 0 Å². The topological polar surface area (TPSA) is 116 Å². The van der Waals surface area contributed by atoms with Gasteiger partial charge in [-0.25, -0.2) is 14.0 Å². The Labute approximate surface area is 184 Å². The summed E-state index contributed by atoms with van der Waals surface area (Å²) < 4.78 is 23.8. The quantitative estimate of drug-likeness (QED) is 0.314. The van der Waals surface area contributed by atoms with Gasteiger partial charge in [0.1, 0.15) is 11.6 Å². The van der Waals surface area contributed by atoms with Gasteiger partial charge in [0.2, 0.25) is 5.82 Å². The fourth-order valence-electron chi connectivity index (χ4n) is 2.76. The van der Waals surface area contributed by atoms with Gasteiger partial charge in [-0.3, -0.25) is 4.79 Å². The summed E-state index contributed by atoms with van der Waals surface area (Å²) in [6, 6.07) is 17.5. The van der Waals surface area contributed by atoms with Crippen LogP contribution in [-0.2, 0) is 4.79 Å². The maximum Gasteiger partial charge on any atom is 0.263 e. The predicted molar refractivity (Wildman–Crippen MR) is 117 cm³/mol. The summed E-state index contributed by atoms with van der Waals surface area (Å²) in [7, 11) is 0. The van der Waals surface area contributed by atoms with Crippen molar-refractivity contribution in [3.8, 4) is 5.75 Å². The average Bonchev–Trinajstić information content (AvgIpc) is 3.23. The van der Waals surface area contributed by atoms with E-state index < -0.39 is 11.7 Å². The number of nitrogens with zero attached hydrogens (tertiary/aromatic N) is 3. The summed E-state index contributed by atoms with van der Waals surface area (Å²) in [6.07, 6.45) is 0. The first-order valence-corrected chi connectivity index (χ1v) is 9.82. The number of aromatic nitrogens is 2. The number of amidine groups is 1. The van der Waals surface area contributed by atoms with E-state index in [9.17, 15) is 9.18 Å². The van der Waals surface area contributed by atoms with E-state index in [0.717, 1.165) is 10.8 Å². The first-order valence-electron chi connectivity index (χ1n) is 9.03. The van der Waals surface area contributed by atoms with Crippen LogP contribution in [-0.4, -0.2) is 28.7 Å². The molecule has 8 nitrogen and oxygen atoms in total. The molecule has 3 aromatic carbocycles. The number of ether oxygens (including phenoxy) is 1. The predicted octanol–water partition coefficient (Wildman–Crippen LogP) is 4.18. The van der Waals surface area contributed by atoms with Crippen LogP contribution in [0.3, 0.4) is 0 Å². The van der Waals surface area contributed by atoms with Crippen molar-refractivity contribution in [1.82, 2.24) is 10.3 Å². The number of amides is 1. The van der Waals surface area contributed by atoms with E-state index in [-0.39, 0.29) is 28.4 Å². The summed E-state index contributed by atoms with van der Waals surface area (Å²) in [6.45, 7) is -0.257. The highest BCUT2D eigenvalue weighted by Crippen LogP contribution is 2.23. The molecular weight excluding hydrogens is 469 g/mol. The van der Waals surface area contributed by atoms with Crippen LogP contribution in [0.2, 0.25) is 0 Å². The molecule has 0 radical (unpaired) electrons. The lowest BCUT2D eigenvalue weighted by atomic mass is 10.1. The van der Waals surface area contributed by atoms with E-state index >= 15 is 0 Å². The molecule has 1 amide bonds. The van der Waals surface area contributed by atoms with Crippen LogP contribution in [0.5, 0.6) is 5.75 Å². The monoisotopic (exact) mass is 483 g/mol. The molecule has 0 aliphatic rings. The van der Waals surface area contributed by atoms with Crippen molar-refractivity contribution < 1.29 is 18.6 Å². The molecule has 0 saturated carbocycles. The van der Waals surface area contributed by atoms with Crippen molar-refractivity contribution >= 4 is 50.0 Å². The van der Waals surface area contributed by atoms with Gasteiger partial charge in [-0.15, -0.1) is 0 Å². The minimum Gasteiger partial charge on any atom is -0.484 e. The van der Waals surface area contributed by atoms with Gasteiger partial charge in [-0.05, 0) is 67.3 Å². The Hall–Kier alpha value is -3.79. The Balaban J connectivity index is 1.42. The molecule has 0 spiro atoms. The van der Waals surface area contributed by atoms with Crippen LogP contribution in [0.4, 0.5) is 15.9 Å². The van der Waals surface area contributed by atoms with Gasteiger partial charge in [-0.1, -0.05) is 30.3 Å². The molecule has 31 heavy (non-hydrogen) atoms. The minimum atomic E-state index is -0.484. The Kier molecular flexibility index (Phi) is 5.89. The number of aliphatic imine (C=N–C) groups is 1. The normalized spacial score (nSPS) is 11.5. The molecule has 0 bridgehead atoms. The van der Waals surface area contributed by atoms with Crippen molar-refractivity contribution in [1.29, 1.82) is 0 Å². The largest absolute Gasteiger partial charge is 0.484 e. The lowest BCUT2D eigenvalue weighted by molar-refractivity contribution is -0.118. The fourth-order valence-corrected chi connectivity index (χ4v) is 3.13. The van der Waals surface area contributed by atoms with E-state index in [0.29, 0.717) is 11.4 Å². The first-order chi connectivity index (χ1) is 15.0. The Morgan fingerprint density at radius 2 is 1.94 bits per heavy atom. The highest BCUT2D eigenvalue weighted by atomic mass is 79.9. The third kappa shape index (κ3) is 4.86. The number of rotatable bonds is 6. The molecule has 4 aromatic rings. The lowest BCUT2D eigenvalue weighted by Gasteiger charge is -2.07. The number of nitrogens with one attached hydrogen (secondary N) is 1. The molecule has 156 valence electrons. The molecular formula is C21H15BrFN5O3. The van der Waals surface area contributed by atoms with Gasteiger partial charge in [0.15, 0.2) is 18.1 Å². The van der Waals surface area contributed by atoms with Gasteiger partial charge in [-0.2, -0.15) is 0 Å². The number of carbonyl (C=O) groups is 1. The molecule has 1 heterocycles. The maximum atomic E-state index is 13.4. The van der Waals surface area contributed by atoms with E-state index in [2.05, 4.69) is 41.2 Å². The van der Waals surface area contributed by atoms with E-state index in [1.165, 1.54) is 18.2 Å². The SMILES string of the molecule is NC(=Nc1ccc(F)c(Br)c1)c1nonc1NC(=O)COc1ccc2ccccc2c1.